The maximum Gasteiger partial charge on any atom is 0.387 e. The molecule has 0 aromatic heterocycles. The highest BCUT2D eigenvalue weighted by Crippen LogP contribution is 2.32. The van der Waals surface area contributed by atoms with Crippen molar-refractivity contribution >= 4 is 46.3 Å². The van der Waals surface area contributed by atoms with Gasteiger partial charge in [-0.1, -0.05) is 36.1 Å². The van der Waals surface area contributed by atoms with Gasteiger partial charge < -0.3 is 9.84 Å². The van der Waals surface area contributed by atoms with Gasteiger partial charge in [0.25, 0.3) is 5.91 Å². The van der Waals surface area contributed by atoms with Gasteiger partial charge in [-0.25, -0.2) is 0 Å². The summed E-state index contributed by atoms with van der Waals surface area (Å²) in [5.41, 5.74) is 0.616. The Morgan fingerprint density at radius 1 is 1.39 bits per heavy atom. The van der Waals surface area contributed by atoms with Gasteiger partial charge in [0.1, 0.15) is 10.1 Å². The second-order valence-electron chi connectivity index (χ2n) is 4.42. The number of alkyl halides is 2. The number of amides is 1. The number of halogens is 2. The number of nitrogens with zero attached hydrogens (tertiary/aromatic N) is 1. The number of carboxylic acids is 1. The first-order valence-electron chi connectivity index (χ1n) is 6.39. The van der Waals surface area contributed by atoms with Crippen molar-refractivity contribution in [2.24, 2.45) is 0 Å². The summed E-state index contributed by atoms with van der Waals surface area (Å²) >= 11 is 6.13. The van der Waals surface area contributed by atoms with Crippen LogP contribution in [0, 0.1) is 0 Å². The van der Waals surface area contributed by atoms with E-state index in [1.807, 2.05) is 0 Å². The molecule has 1 N–H and O–H groups in total. The fourth-order valence-electron chi connectivity index (χ4n) is 1.80. The first-order chi connectivity index (χ1) is 10.9. The Bertz CT molecular complexity index is 661. The van der Waals surface area contributed by atoms with E-state index in [0.717, 1.165) is 11.8 Å². The van der Waals surface area contributed by atoms with Gasteiger partial charge in [0, 0.05) is 6.54 Å². The number of benzene rings is 1. The number of carbonyl (C=O) groups excluding carboxylic acids is 1. The highest BCUT2D eigenvalue weighted by Gasteiger charge is 2.31. The summed E-state index contributed by atoms with van der Waals surface area (Å²) in [6.07, 6.45) is 1.37. The number of aliphatic carboxylic acids is 1. The Balaban J connectivity index is 2.09. The summed E-state index contributed by atoms with van der Waals surface area (Å²) < 4.78 is 28.7. The minimum atomic E-state index is -2.90. The zero-order valence-electron chi connectivity index (χ0n) is 11.6. The topological polar surface area (TPSA) is 66.8 Å². The summed E-state index contributed by atoms with van der Waals surface area (Å²) in [7, 11) is 0. The van der Waals surface area contributed by atoms with Crippen LogP contribution in [-0.4, -0.2) is 39.4 Å². The van der Waals surface area contributed by atoms with Gasteiger partial charge in [0.15, 0.2) is 0 Å². The van der Waals surface area contributed by atoms with Gasteiger partial charge in [-0.3, -0.25) is 14.5 Å². The van der Waals surface area contributed by atoms with E-state index in [1.165, 1.54) is 29.2 Å². The molecule has 2 rings (SSSR count). The van der Waals surface area contributed by atoms with Crippen molar-refractivity contribution in [1.29, 1.82) is 0 Å². The van der Waals surface area contributed by atoms with Crippen LogP contribution in [0.2, 0.25) is 0 Å². The Morgan fingerprint density at radius 2 is 2.04 bits per heavy atom. The fourth-order valence-corrected chi connectivity index (χ4v) is 3.11. The maximum absolute atomic E-state index is 12.2. The molecule has 0 spiro atoms. The summed E-state index contributed by atoms with van der Waals surface area (Å²) in [4.78, 5) is 24.3. The van der Waals surface area contributed by atoms with Crippen LogP contribution in [0.25, 0.3) is 6.08 Å². The van der Waals surface area contributed by atoms with Crippen molar-refractivity contribution in [1.82, 2.24) is 4.90 Å². The summed E-state index contributed by atoms with van der Waals surface area (Å²) in [5, 5.41) is 8.67. The second-order valence-corrected chi connectivity index (χ2v) is 6.10. The first-order valence-corrected chi connectivity index (χ1v) is 7.61. The van der Waals surface area contributed by atoms with Gasteiger partial charge in [-0.2, -0.15) is 8.78 Å². The monoisotopic (exact) mass is 359 g/mol. The van der Waals surface area contributed by atoms with Crippen LogP contribution in [-0.2, 0) is 9.59 Å². The van der Waals surface area contributed by atoms with Crippen LogP contribution in [0.4, 0.5) is 8.78 Å². The van der Waals surface area contributed by atoms with Crippen LogP contribution < -0.4 is 4.74 Å². The lowest BCUT2D eigenvalue weighted by Gasteiger charge is -2.12. The highest BCUT2D eigenvalue weighted by molar-refractivity contribution is 8.26. The molecule has 1 aromatic carbocycles. The van der Waals surface area contributed by atoms with Crippen LogP contribution in [0.3, 0.4) is 0 Å². The molecule has 1 fully saturated rings. The quantitative estimate of drug-likeness (QED) is 0.622. The van der Waals surface area contributed by atoms with E-state index in [1.54, 1.807) is 6.08 Å². The summed E-state index contributed by atoms with van der Waals surface area (Å²) in [5.74, 6) is -1.36. The third kappa shape index (κ3) is 4.73. The Hall–Kier alpha value is -2.00. The molecule has 23 heavy (non-hydrogen) atoms. The number of hydrogen-bond donors (Lipinski definition) is 1. The predicted molar refractivity (Wildman–Crippen MR) is 85.2 cm³/mol. The molecule has 1 aromatic rings. The van der Waals surface area contributed by atoms with Gasteiger partial charge >= 0.3 is 12.6 Å². The smallest absolute Gasteiger partial charge is 0.387 e. The average molecular weight is 359 g/mol. The molecular weight excluding hydrogens is 348 g/mol. The van der Waals surface area contributed by atoms with Crippen molar-refractivity contribution in [2.75, 3.05) is 6.54 Å². The van der Waals surface area contributed by atoms with E-state index in [0.29, 0.717) is 14.8 Å². The maximum atomic E-state index is 12.2. The molecule has 0 bridgehead atoms. The van der Waals surface area contributed by atoms with E-state index in [-0.39, 0.29) is 24.6 Å². The second kappa shape index (κ2) is 7.51. The average Bonchev–Trinajstić information content (AvgIpc) is 2.73. The van der Waals surface area contributed by atoms with E-state index in [4.69, 9.17) is 17.3 Å². The Labute approximate surface area is 139 Å². The molecule has 0 unspecified atom stereocenters. The molecule has 1 amide bonds. The Morgan fingerprint density at radius 3 is 2.61 bits per heavy atom. The van der Waals surface area contributed by atoms with E-state index in [9.17, 15) is 18.4 Å². The number of thiocarbonyl (C=S) groups is 1. The molecule has 0 radical (unpaired) electrons. The van der Waals surface area contributed by atoms with Crippen LogP contribution >= 0.6 is 24.0 Å². The molecule has 1 aliphatic rings. The largest absolute Gasteiger partial charge is 0.481 e. The van der Waals surface area contributed by atoms with Gasteiger partial charge in [-0.05, 0) is 23.8 Å². The number of carbonyl (C=O) groups is 2. The third-order valence-corrected chi connectivity index (χ3v) is 4.20. The van der Waals surface area contributed by atoms with Crippen molar-refractivity contribution in [3.63, 3.8) is 0 Å². The van der Waals surface area contributed by atoms with E-state index >= 15 is 0 Å². The van der Waals surface area contributed by atoms with E-state index < -0.39 is 12.6 Å². The third-order valence-electron chi connectivity index (χ3n) is 2.83. The molecule has 1 aliphatic heterocycles. The standard InChI is InChI=1S/C14H11F2NO4S2/c15-13(16)21-9-3-1-8(2-4-9)7-10-12(20)17(14(22)23-10)6-5-11(18)19/h1-4,7,13H,5-6H2,(H,18,19)/b10-7-. The van der Waals surface area contributed by atoms with Crippen molar-refractivity contribution in [3.8, 4) is 5.75 Å². The molecule has 1 saturated heterocycles. The molecule has 122 valence electrons. The van der Waals surface area contributed by atoms with Crippen molar-refractivity contribution in [2.45, 2.75) is 13.0 Å². The minimum Gasteiger partial charge on any atom is -0.481 e. The number of ether oxygens (including phenoxy) is 1. The van der Waals surface area contributed by atoms with Crippen molar-refractivity contribution < 1.29 is 28.2 Å². The lowest BCUT2D eigenvalue weighted by Crippen LogP contribution is -2.30. The Kier molecular flexibility index (Phi) is 5.67. The van der Waals surface area contributed by atoms with Gasteiger partial charge in [0.2, 0.25) is 0 Å². The van der Waals surface area contributed by atoms with Crippen LogP contribution in [0.1, 0.15) is 12.0 Å². The normalized spacial score (nSPS) is 16.5. The van der Waals surface area contributed by atoms with Crippen molar-refractivity contribution in [3.05, 3.63) is 34.7 Å². The molecule has 5 nitrogen and oxygen atoms in total. The van der Waals surface area contributed by atoms with E-state index in [2.05, 4.69) is 4.74 Å². The van der Waals surface area contributed by atoms with Crippen LogP contribution in [0.15, 0.2) is 29.2 Å². The number of rotatable bonds is 6. The molecule has 1 heterocycles. The zero-order valence-corrected chi connectivity index (χ0v) is 13.2. The first kappa shape index (κ1) is 17.4. The zero-order chi connectivity index (χ0) is 17.0. The van der Waals surface area contributed by atoms with Gasteiger partial charge in [0.05, 0.1) is 11.3 Å². The number of carboxylic acid groups (broad SMARTS) is 1. The molecule has 0 atom stereocenters. The lowest BCUT2D eigenvalue weighted by molar-refractivity contribution is -0.137. The number of hydrogen-bond acceptors (Lipinski definition) is 5. The molecule has 9 heteroatoms. The lowest BCUT2D eigenvalue weighted by atomic mass is 10.2. The minimum absolute atomic E-state index is 0.0124. The SMILES string of the molecule is O=C(O)CCN1C(=O)/C(=C/c2ccc(OC(F)F)cc2)SC1=S. The van der Waals surface area contributed by atoms with Crippen LogP contribution in [0.5, 0.6) is 5.75 Å². The fraction of sp³-hybridized carbons (Fsp3) is 0.214. The summed E-state index contributed by atoms with van der Waals surface area (Å²) in [6, 6.07) is 5.79. The summed E-state index contributed by atoms with van der Waals surface area (Å²) in [6.45, 7) is -2.88. The highest BCUT2D eigenvalue weighted by atomic mass is 32.2. The number of thioether (sulfide) groups is 1. The van der Waals surface area contributed by atoms with Gasteiger partial charge in [-0.15, -0.1) is 0 Å². The predicted octanol–water partition coefficient (Wildman–Crippen LogP) is 2.96. The molecule has 0 saturated carbocycles. The molecular formula is C14H11F2NO4S2. The molecule has 0 aliphatic carbocycles.